The van der Waals surface area contributed by atoms with E-state index in [0.29, 0.717) is 37.2 Å². The predicted octanol–water partition coefficient (Wildman–Crippen LogP) is 3.99. The molecule has 0 radical (unpaired) electrons. The van der Waals surface area contributed by atoms with Crippen molar-refractivity contribution in [1.82, 2.24) is 0 Å². The Morgan fingerprint density at radius 3 is 1.27 bits per heavy atom. The van der Waals surface area contributed by atoms with Gasteiger partial charge in [-0.25, -0.2) is 9.59 Å². The van der Waals surface area contributed by atoms with Crippen molar-refractivity contribution < 1.29 is 29.3 Å². The fraction of sp³-hybridized carbons (Fsp3) is 0.417. The molecule has 0 atom stereocenters. The molecule has 6 nitrogen and oxygen atoms in total. The first-order chi connectivity index (χ1) is 14.7. The fourth-order valence-corrected chi connectivity index (χ4v) is 2.88. The summed E-state index contributed by atoms with van der Waals surface area (Å²) < 4.78 is 10.5. The van der Waals surface area contributed by atoms with Gasteiger partial charge in [0.25, 0.3) is 0 Å². The summed E-state index contributed by atoms with van der Waals surface area (Å²) in [5.74, 6) is -0.717. The number of esters is 2. The number of rotatable bonds is 13. The van der Waals surface area contributed by atoms with E-state index in [1.165, 1.54) is 0 Å². The van der Waals surface area contributed by atoms with Gasteiger partial charge in [-0.15, -0.1) is 0 Å². The molecule has 0 amide bonds. The fourth-order valence-electron chi connectivity index (χ4n) is 2.88. The van der Waals surface area contributed by atoms with Gasteiger partial charge in [0.1, 0.15) is 0 Å². The summed E-state index contributed by atoms with van der Waals surface area (Å²) in [6.07, 6.45) is 4.57. The Bertz CT molecular complexity index is 700. The molecule has 0 spiro atoms. The number of carbonyl (C=O) groups is 2. The third-order valence-electron chi connectivity index (χ3n) is 4.65. The number of unbranched alkanes of at least 4 members (excludes halogenated alkanes) is 4. The maximum atomic E-state index is 12.1. The average molecular weight is 414 g/mol. The van der Waals surface area contributed by atoms with Crippen LogP contribution in [0.1, 0.15) is 59.2 Å². The van der Waals surface area contributed by atoms with E-state index in [1.807, 2.05) is 24.3 Å². The topological polar surface area (TPSA) is 93.1 Å². The molecule has 0 saturated heterocycles. The molecule has 30 heavy (non-hydrogen) atoms. The van der Waals surface area contributed by atoms with Gasteiger partial charge in [0.05, 0.1) is 24.3 Å². The molecule has 2 aromatic carbocycles. The van der Waals surface area contributed by atoms with Gasteiger partial charge in [0.2, 0.25) is 0 Å². The molecule has 162 valence electrons. The minimum Gasteiger partial charge on any atom is -0.462 e. The molecular formula is C24H30O6. The molecule has 0 saturated carbocycles. The third kappa shape index (κ3) is 7.97. The van der Waals surface area contributed by atoms with Gasteiger partial charge in [-0.3, -0.25) is 0 Å². The van der Waals surface area contributed by atoms with E-state index >= 15 is 0 Å². The van der Waals surface area contributed by atoms with E-state index in [0.717, 1.165) is 36.8 Å². The maximum Gasteiger partial charge on any atom is 0.338 e. The van der Waals surface area contributed by atoms with E-state index in [1.54, 1.807) is 24.3 Å². The zero-order chi connectivity index (χ0) is 21.6. The number of hydrogen-bond acceptors (Lipinski definition) is 6. The summed E-state index contributed by atoms with van der Waals surface area (Å²) in [6.45, 7) is 1.01. The largest absolute Gasteiger partial charge is 0.462 e. The molecule has 2 rings (SSSR count). The molecule has 0 heterocycles. The number of aliphatic hydroxyl groups excluding tert-OH is 2. The molecule has 0 aliphatic heterocycles. The Balaban J connectivity index is 1.84. The highest BCUT2D eigenvalue weighted by molar-refractivity contribution is 5.91. The summed E-state index contributed by atoms with van der Waals surface area (Å²) in [5, 5.41) is 17.5. The Hall–Kier alpha value is -2.70. The Morgan fingerprint density at radius 1 is 0.567 bits per heavy atom. The molecule has 0 bridgehead atoms. The quantitative estimate of drug-likeness (QED) is 0.380. The molecule has 0 aromatic heterocycles. The van der Waals surface area contributed by atoms with Gasteiger partial charge in [-0.05, 0) is 73.9 Å². The normalized spacial score (nSPS) is 10.6. The van der Waals surface area contributed by atoms with Crippen molar-refractivity contribution in [2.75, 3.05) is 26.4 Å². The molecule has 2 aromatic rings. The number of benzene rings is 2. The summed E-state index contributed by atoms with van der Waals surface area (Å²) >= 11 is 0. The van der Waals surface area contributed by atoms with Crippen molar-refractivity contribution >= 4 is 11.9 Å². The first kappa shape index (κ1) is 23.6. The molecule has 6 heteroatoms. The van der Waals surface area contributed by atoms with Crippen molar-refractivity contribution in [2.45, 2.75) is 38.5 Å². The van der Waals surface area contributed by atoms with E-state index in [2.05, 4.69) is 0 Å². The van der Waals surface area contributed by atoms with Gasteiger partial charge >= 0.3 is 11.9 Å². The van der Waals surface area contributed by atoms with Crippen LogP contribution in [0.25, 0.3) is 11.1 Å². The second-order valence-corrected chi connectivity index (χ2v) is 7.00. The standard InChI is InChI=1S/C24H30O6/c25-15-3-1-5-17-29-23(27)21-11-7-19(8-12-21)20-9-13-22(14-10-20)24(28)30-18-6-2-4-16-26/h7-14,25-26H,1-6,15-18H2. The molecule has 0 unspecified atom stereocenters. The van der Waals surface area contributed by atoms with Crippen LogP contribution in [0.4, 0.5) is 0 Å². The Labute approximate surface area is 177 Å². The van der Waals surface area contributed by atoms with E-state index in [9.17, 15) is 9.59 Å². The van der Waals surface area contributed by atoms with Gasteiger partial charge in [0, 0.05) is 13.2 Å². The highest BCUT2D eigenvalue weighted by Gasteiger charge is 2.09. The Kier molecular flexibility index (Phi) is 10.6. The van der Waals surface area contributed by atoms with Crippen molar-refractivity contribution in [3.05, 3.63) is 59.7 Å². The molecule has 0 fully saturated rings. The van der Waals surface area contributed by atoms with Crippen LogP contribution in [0, 0.1) is 0 Å². The smallest absolute Gasteiger partial charge is 0.338 e. The SMILES string of the molecule is O=C(OCCCCCO)c1ccc(-c2ccc(C(=O)OCCCCCO)cc2)cc1. The zero-order valence-electron chi connectivity index (χ0n) is 17.2. The van der Waals surface area contributed by atoms with Gasteiger partial charge < -0.3 is 19.7 Å². The van der Waals surface area contributed by atoms with Crippen LogP contribution in [-0.2, 0) is 9.47 Å². The summed E-state index contributed by atoms with van der Waals surface area (Å²) in [7, 11) is 0. The molecular weight excluding hydrogens is 384 g/mol. The van der Waals surface area contributed by atoms with Gasteiger partial charge in [-0.2, -0.15) is 0 Å². The lowest BCUT2D eigenvalue weighted by Crippen LogP contribution is -2.07. The summed E-state index contributed by atoms with van der Waals surface area (Å²) in [6, 6.07) is 14.3. The molecule has 0 aliphatic rings. The number of aliphatic hydroxyl groups is 2. The monoisotopic (exact) mass is 414 g/mol. The van der Waals surface area contributed by atoms with E-state index in [-0.39, 0.29) is 25.2 Å². The first-order valence-corrected chi connectivity index (χ1v) is 10.4. The second-order valence-electron chi connectivity index (χ2n) is 7.00. The van der Waals surface area contributed by atoms with Crippen LogP contribution in [0.15, 0.2) is 48.5 Å². The van der Waals surface area contributed by atoms with E-state index in [4.69, 9.17) is 19.7 Å². The van der Waals surface area contributed by atoms with Crippen molar-refractivity contribution in [3.8, 4) is 11.1 Å². The second kappa shape index (κ2) is 13.5. The third-order valence-corrected chi connectivity index (χ3v) is 4.65. The average Bonchev–Trinajstić information content (AvgIpc) is 2.79. The first-order valence-electron chi connectivity index (χ1n) is 10.4. The lowest BCUT2D eigenvalue weighted by molar-refractivity contribution is 0.0487. The van der Waals surface area contributed by atoms with E-state index < -0.39 is 0 Å². The van der Waals surface area contributed by atoms with Crippen LogP contribution in [0.5, 0.6) is 0 Å². The highest BCUT2D eigenvalue weighted by Crippen LogP contribution is 2.21. The van der Waals surface area contributed by atoms with Crippen molar-refractivity contribution in [1.29, 1.82) is 0 Å². The molecule has 2 N–H and O–H groups in total. The lowest BCUT2D eigenvalue weighted by atomic mass is 10.0. The predicted molar refractivity (Wildman–Crippen MR) is 114 cm³/mol. The number of ether oxygens (including phenoxy) is 2. The van der Waals surface area contributed by atoms with Crippen molar-refractivity contribution in [3.63, 3.8) is 0 Å². The van der Waals surface area contributed by atoms with Gasteiger partial charge in [0.15, 0.2) is 0 Å². The number of carbonyl (C=O) groups excluding carboxylic acids is 2. The van der Waals surface area contributed by atoms with Crippen LogP contribution < -0.4 is 0 Å². The number of hydrogen-bond donors (Lipinski definition) is 2. The van der Waals surface area contributed by atoms with Crippen LogP contribution >= 0.6 is 0 Å². The minimum atomic E-state index is -0.359. The highest BCUT2D eigenvalue weighted by atomic mass is 16.5. The Morgan fingerprint density at radius 2 is 0.933 bits per heavy atom. The van der Waals surface area contributed by atoms with Gasteiger partial charge in [-0.1, -0.05) is 24.3 Å². The van der Waals surface area contributed by atoms with Crippen LogP contribution in [0.2, 0.25) is 0 Å². The summed E-state index contributed by atoms with van der Waals surface area (Å²) in [5.41, 5.74) is 2.83. The minimum absolute atomic E-state index is 0.156. The lowest BCUT2D eigenvalue weighted by Gasteiger charge is -2.07. The van der Waals surface area contributed by atoms with Crippen molar-refractivity contribution in [2.24, 2.45) is 0 Å². The molecule has 0 aliphatic carbocycles. The van der Waals surface area contributed by atoms with Crippen LogP contribution in [-0.4, -0.2) is 48.6 Å². The van der Waals surface area contributed by atoms with Crippen LogP contribution in [0.3, 0.4) is 0 Å². The zero-order valence-corrected chi connectivity index (χ0v) is 17.2. The summed E-state index contributed by atoms with van der Waals surface area (Å²) in [4.78, 5) is 24.1. The maximum absolute atomic E-state index is 12.1.